The van der Waals surface area contributed by atoms with E-state index < -0.39 is 0 Å². The van der Waals surface area contributed by atoms with Crippen LogP contribution >= 0.6 is 0 Å². The van der Waals surface area contributed by atoms with Crippen LogP contribution in [-0.4, -0.2) is 36.0 Å². The van der Waals surface area contributed by atoms with E-state index in [9.17, 15) is 4.79 Å². The molecule has 0 spiro atoms. The minimum atomic E-state index is -0.275. The van der Waals surface area contributed by atoms with Crippen LogP contribution in [0.25, 0.3) is 5.69 Å². The second-order valence-corrected chi connectivity index (χ2v) is 6.47. The lowest BCUT2D eigenvalue weighted by molar-refractivity contribution is 0.249. The number of carbonyl (C=O) groups is 1. The van der Waals surface area contributed by atoms with E-state index in [-0.39, 0.29) is 12.1 Å². The standard InChI is InChI=1S/C18H24N8O/c1-6-25-14(5)17(13(4)22-25)12(3)20-18(27)21-16-9-15(8-7-11(16)2)26-10-19-23-24-26/h7-10,12H,6H2,1-5H3,(H2,20,21,27). The topological polar surface area (TPSA) is 103 Å². The highest BCUT2D eigenvalue weighted by Crippen LogP contribution is 2.22. The van der Waals surface area contributed by atoms with Gasteiger partial charge in [-0.2, -0.15) is 5.10 Å². The fraction of sp³-hybridized carbons (Fsp3) is 0.389. The number of anilines is 1. The molecule has 2 amide bonds. The highest BCUT2D eigenvalue weighted by molar-refractivity contribution is 5.90. The Morgan fingerprint density at radius 1 is 1.26 bits per heavy atom. The van der Waals surface area contributed by atoms with Gasteiger partial charge in [0.1, 0.15) is 6.33 Å². The number of aromatic nitrogens is 6. The summed E-state index contributed by atoms with van der Waals surface area (Å²) < 4.78 is 3.48. The van der Waals surface area contributed by atoms with Crippen molar-refractivity contribution in [3.63, 3.8) is 0 Å². The third kappa shape index (κ3) is 3.81. The number of carbonyl (C=O) groups excluding carboxylic acids is 1. The van der Waals surface area contributed by atoms with Crippen molar-refractivity contribution in [2.45, 2.75) is 47.2 Å². The van der Waals surface area contributed by atoms with Crippen molar-refractivity contribution in [1.82, 2.24) is 35.3 Å². The summed E-state index contributed by atoms with van der Waals surface area (Å²) in [6.07, 6.45) is 1.51. The van der Waals surface area contributed by atoms with Gasteiger partial charge in [0, 0.05) is 23.5 Å². The van der Waals surface area contributed by atoms with E-state index in [1.165, 1.54) is 11.0 Å². The highest BCUT2D eigenvalue weighted by atomic mass is 16.2. The molecule has 0 saturated carbocycles. The van der Waals surface area contributed by atoms with E-state index in [1.807, 2.05) is 50.6 Å². The van der Waals surface area contributed by atoms with Crippen LogP contribution < -0.4 is 10.6 Å². The van der Waals surface area contributed by atoms with E-state index >= 15 is 0 Å². The van der Waals surface area contributed by atoms with Crippen molar-refractivity contribution in [3.8, 4) is 5.69 Å². The maximum absolute atomic E-state index is 12.5. The molecule has 2 N–H and O–H groups in total. The number of nitrogens with one attached hydrogen (secondary N) is 2. The van der Waals surface area contributed by atoms with Crippen LogP contribution in [0.3, 0.4) is 0 Å². The predicted octanol–water partition coefficient (Wildman–Crippen LogP) is 2.69. The molecule has 0 radical (unpaired) electrons. The Bertz CT molecular complexity index is 945. The van der Waals surface area contributed by atoms with Gasteiger partial charge in [0.25, 0.3) is 0 Å². The lowest BCUT2D eigenvalue weighted by Gasteiger charge is -2.17. The molecular weight excluding hydrogens is 344 g/mol. The molecule has 2 heterocycles. The van der Waals surface area contributed by atoms with Crippen molar-refractivity contribution in [2.75, 3.05) is 5.32 Å². The molecule has 0 aliphatic rings. The predicted molar refractivity (Wildman–Crippen MR) is 102 cm³/mol. The molecule has 0 aliphatic heterocycles. The van der Waals surface area contributed by atoms with Gasteiger partial charge in [-0.1, -0.05) is 6.07 Å². The van der Waals surface area contributed by atoms with Gasteiger partial charge in [-0.15, -0.1) is 5.10 Å². The van der Waals surface area contributed by atoms with E-state index in [4.69, 9.17) is 0 Å². The average molecular weight is 368 g/mol. The number of tetrazole rings is 1. The minimum absolute atomic E-state index is 0.159. The maximum Gasteiger partial charge on any atom is 0.319 e. The highest BCUT2D eigenvalue weighted by Gasteiger charge is 2.19. The maximum atomic E-state index is 12.5. The average Bonchev–Trinajstić information content (AvgIpc) is 3.24. The molecule has 142 valence electrons. The Morgan fingerprint density at radius 3 is 2.67 bits per heavy atom. The van der Waals surface area contributed by atoms with Crippen LogP contribution in [0.4, 0.5) is 10.5 Å². The first kappa shape index (κ1) is 18.6. The Balaban J connectivity index is 1.74. The van der Waals surface area contributed by atoms with Crippen molar-refractivity contribution in [1.29, 1.82) is 0 Å². The third-order valence-electron chi connectivity index (χ3n) is 4.60. The zero-order chi connectivity index (χ0) is 19.6. The molecule has 9 nitrogen and oxygen atoms in total. The molecule has 0 saturated heterocycles. The quantitative estimate of drug-likeness (QED) is 0.721. The minimum Gasteiger partial charge on any atom is -0.331 e. The van der Waals surface area contributed by atoms with Crippen LogP contribution in [0, 0.1) is 20.8 Å². The molecule has 2 aromatic heterocycles. The fourth-order valence-electron chi connectivity index (χ4n) is 3.24. The first-order chi connectivity index (χ1) is 12.9. The summed E-state index contributed by atoms with van der Waals surface area (Å²) in [5.41, 5.74) is 5.46. The van der Waals surface area contributed by atoms with E-state index in [1.54, 1.807) is 0 Å². The summed E-state index contributed by atoms with van der Waals surface area (Å²) in [6.45, 7) is 10.7. The van der Waals surface area contributed by atoms with Gasteiger partial charge in [0.05, 0.1) is 17.4 Å². The number of urea groups is 1. The van der Waals surface area contributed by atoms with Gasteiger partial charge >= 0.3 is 6.03 Å². The third-order valence-corrected chi connectivity index (χ3v) is 4.60. The Hall–Kier alpha value is -3.23. The molecule has 3 aromatic rings. The molecule has 1 aromatic carbocycles. The molecule has 27 heavy (non-hydrogen) atoms. The Morgan fingerprint density at radius 2 is 2.04 bits per heavy atom. The van der Waals surface area contributed by atoms with Crippen molar-refractivity contribution in [3.05, 3.63) is 47.0 Å². The van der Waals surface area contributed by atoms with E-state index in [2.05, 4.69) is 38.2 Å². The number of aryl methyl sites for hydroxylation is 3. The van der Waals surface area contributed by atoms with Crippen LogP contribution in [0.15, 0.2) is 24.5 Å². The molecule has 1 unspecified atom stereocenters. The van der Waals surface area contributed by atoms with Gasteiger partial charge in [-0.3, -0.25) is 4.68 Å². The molecule has 9 heteroatoms. The number of nitrogens with zero attached hydrogens (tertiary/aromatic N) is 6. The fourth-order valence-corrected chi connectivity index (χ4v) is 3.24. The molecule has 3 rings (SSSR count). The molecular formula is C18H24N8O. The number of hydrogen-bond donors (Lipinski definition) is 2. The molecule has 1 atom stereocenters. The summed E-state index contributed by atoms with van der Waals surface area (Å²) in [6, 6.07) is 5.20. The van der Waals surface area contributed by atoms with Gasteiger partial charge < -0.3 is 10.6 Å². The van der Waals surface area contributed by atoms with Crippen LogP contribution in [0.5, 0.6) is 0 Å². The normalized spacial score (nSPS) is 12.0. The van der Waals surface area contributed by atoms with Crippen molar-refractivity contribution < 1.29 is 4.79 Å². The first-order valence-corrected chi connectivity index (χ1v) is 8.86. The number of hydrogen-bond acceptors (Lipinski definition) is 5. The van der Waals surface area contributed by atoms with Crippen molar-refractivity contribution in [2.24, 2.45) is 0 Å². The Labute approximate surface area is 157 Å². The lowest BCUT2D eigenvalue weighted by atomic mass is 10.1. The number of benzene rings is 1. The molecule has 0 fully saturated rings. The summed E-state index contributed by atoms with van der Waals surface area (Å²) in [5.74, 6) is 0. The van der Waals surface area contributed by atoms with E-state index in [0.717, 1.165) is 34.7 Å². The molecule has 0 bridgehead atoms. The lowest BCUT2D eigenvalue weighted by Crippen LogP contribution is -2.32. The molecule has 0 aliphatic carbocycles. The van der Waals surface area contributed by atoms with Crippen LogP contribution in [0.1, 0.15) is 42.4 Å². The van der Waals surface area contributed by atoms with E-state index in [0.29, 0.717) is 5.69 Å². The largest absolute Gasteiger partial charge is 0.331 e. The van der Waals surface area contributed by atoms with Gasteiger partial charge in [0.2, 0.25) is 0 Å². The second kappa shape index (κ2) is 7.56. The van der Waals surface area contributed by atoms with Gasteiger partial charge in [-0.25, -0.2) is 9.48 Å². The first-order valence-electron chi connectivity index (χ1n) is 8.86. The second-order valence-electron chi connectivity index (χ2n) is 6.47. The number of amides is 2. The zero-order valence-electron chi connectivity index (χ0n) is 16.2. The number of rotatable bonds is 5. The van der Waals surface area contributed by atoms with Crippen LogP contribution in [-0.2, 0) is 6.54 Å². The Kier molecular flexibility index (Phi) is 5.20. The van der Waals surface area contributed by atoms with Crippen LogP contribution in [0.2, 0.25) is 0 Å². The SMILES string of the molecule is CCn1nc(C)c(C(C)NC(=O)Nc2cc(-n3cnnn3)ccc2C)c1C. The summed E-state index contributed by atoms with van der Waals surface area (Å²) in [5, 5.41) is 21.6. The van der Waals surface area contributed by atoms with Gasteiger partial charge in [0.15, 0.2) is 0 Å². The van der Waals surface area contributed by atoms with Crippen molar-refractivity contribution >= 4 is 11.7 Å². The summed E-state index contributed by atoms with van der Waals surface area (Å²) in [7, 11) is 0. The van der Waals surface area contributed by atoms with Gasteiger partial charge in [-0.05, 0) is 62.7 Å². The summed E-state index contributed by atoms with van der Waals surface area (Å²) >= 11 is 0. The smallest absolute Gasteiger partial charge is 0.319 e. The monoisotopic (exact) mass is 368 g/mol. The summed E-state index contributed by atoms with van der Waals surface area (Å²) in [4.78, 5) is 12.5. The zero-order valence-corrected chi connectivity index (χ0v) is 16.2.